The molecule has 1 N–H and O–H groups in total. The molecule has 21 heavy (non-hydrogen) atoms. The zero-order chi connectivity index (χ0) is 14.8. The van der Waals surface area contributed by atoms with E-state index in [0.29, 0.717) is 0 Å². The van der Waals surface area contributed by atoms with Gasteiger partial charge in [-0.1, -0.05) is 0 Å². The van der Waals surface area contributed by atoms with Crippen LogP contribution in [0.15, 0.2) is 30.3 Å². The molecule has 0 bridgehead atoms. The van der Waals surface area contributed by atoms with Gasteiger partial charge in [-0.3, -0.25) is 4.79 Å². The molecule has 1 aromatic heterocycles. The highest BCUT2D eigenvalue weighted by molar-refractivity contribution is 7.11. The molecule has 0 atom stereocenters. The highest BCUT2D eigenvalue weighted by Gasteiger charge is 2.19. The van der Waals surface area contributed by atoms with Crippen molar-refractivity contribution in [1.82, 2.24) is 0 Å². The summed E-state index contributed by atoms with van der Waals surface area (Å²) in [6.45, 7) is 5.46. The zero-order valence-corrected chi connectivity index (χ0v) is 13.3. The van der Waals surface area contributed by atoms with Gasteiger partial charge < -0.3 is 10.2 Å². The number of fused-ring (bicyclic) bond motifs is 1. The number of hydrogen-bond acceptors (Lipinski definition) is 3. The maximum absolute atomic E-state index is 11.7. The third-order valence-corrected chi connectivity index (χ3v) is 4.84. The van der Waals surface area contributed by atoms with Crippen molar-refractivity contribution in [3.63, 3.8) is 0 Å². The van der Waals surface area contributed by atoms with Crippen molar-refractivity contribution in [1.29, 1.82) is 0 Å². The summed E-state index contributed by atoms with van der Waals surface area (Å²) in [6.07, 6.45) is 2.09. The van der Waals surface area contributed by atoms with E-state index in [9.17, 15) is 4.79 Å². The molecule has 0 aliphatic carbocycles. The van der Waals surface area contributed by atoms with Crippen LogP contribution in [0.5, 0.6) is 0 Å². The van der Waals surface area contributed by atoms with Crippen molar-refractivity contribution >= 4 is 28.6 Å². The van der Waals surface area contributed by atoms with Crippen molar-refractivity contribution in [2.24, 2.45) is 0 Å². The minimum absolute atomic E-state index is 0.130. The molecule has 1 aliphatic heterocycles. The van der Waals surface area contributed by atoms with Crippen molar-refractivity contribution in [2.75, 3.05) is 16.8 Å². The third-order valence-electron chi connectivity index (χ3n) is 3.84. The molecule has 0 radical (unpaired) electrons. The van der Waals surface area contributed by atoms with E-state index in [1.54, 1.807) is 6.92 Å². The lowest BCUT2D eigenvalue weighted by atomic mass is 10.0. The molecule has 3 rings (SSSR count). The van der Waals surface area contributed by atoms with Crippen molar-refractivity contribution in [2.45, 2.75) is 33.2 Å². The molecule has 0 saturated carbocycles. The molecule has 2 aromatic rings. The topological polar surface area (TPSA) is 32.3 Å². The smallest absolute Gasteiger partial charge is 0.223 e. The van der Waals surface area contributed by atoms with E-state index in [1.807, 2.05) is 16.2 Å². The van der Waals surface area contributed by atoms with Crippen molar-refractivity contribution in [3.8, 4) is 0 Å². The second-order valence-electron chi connectivity index (χ2n) is 5.48. The number of anilines is 2. The van der Waals surface area contributed by atoms with Gasteiger partial charge in [-0.05, 0) is 55.7 Å². The summed E-state index contributed by atoms with van der Waals surface area (Å²) in [5, 5.41) is 3.48. The Hall–Kier alpha value is -1.81. The molecule has 2 heterocycles. The Morgan fingerprint density at radius 1 is 1.33 bits per heavy atom. The largest absolute Gasteiger partial charge is 0.380 e. The van der Waals surface area contributed by atoms with E-state index in [-0.39, 0.29) is 5.91 Å². The van der Waals surface area contributed by atoms with Crippen LogP contribution >= 0.6 is 11.3 Å². The summed E-state index contributed by atoms with van der Waals surface area (Å²) in [5.41, 5.74) is 3.47. The average Bonchev–Trinajstić information content (AvgIpc) is 2.89. The van der Waals surface area contributed by atoms with Crippen LogP contribution in [-0.2, 0) is 17.8 Å². The standard InChI is InChI=1S/C17H20N2OS/c1-12-5-7-16(21-12)11-18-15-6-8-17-14(10-15)4-3-9-19(17)13(2)20/h5-8,10,18H,3-4,9,11H2,1-2H3. The van der Waals surface area contributed by atoms with Gasteiger partial charge in [0.05, 0.1) is 0 Å². The highest BCUT2D eigenvalue weighted by atomic mass is 32.1. The van der Waals surface area contributed by atoms with Gasteiger partial charge in [0.15, 0.2) is 0 Å². The molecular formula is C17H20N2OS. The first-order chi connectivity index (χ1) is 10.1. The quantitative estimate of drug-likeness (QED) is 0.930. The number of hydrogen-bond donors (Lipinski definition) is 1. The van der Waals surface area contributed by atoms with Crippen LogP contribution in [0.1, 0.15) is 28.7 Å². The number of nitrogens with one attached hydrogen (secondary N) is 1. The van der Waals surface area contributed by atoms with Gasteiger partial charge >= 0.3 is 0 Å². The molecule has 110 valence electrons. The molecular weight excluding hydrogens is 280 g/mol. The highest BCUT2D eigenvalue weighted by Crippen LogP contribution is 2.30. The van der Waals surface area contributed by atoms with Crippen LogP contribution < -0.4 is 10.2 Å². The molecule has 0 saturated heterocycles. The van der Waals surface area contributed by atoms with E-state index in [0.717, 1.165) is 37.3 Å². The first kappa shape index (κ1) is 14.1. The van der Waals surface area contributed by atoms with Gasteiger partial charge in [0.1, 0.15) is 0 Å². The predicted octanol–water partition coefficient (Wildman–Crippen LogP) is 3.97. The van der Waals surface area contributed by atoms with Gasteiger partial charge in [0, 0.05) is 41.1 Å². The fourth-order valence-electron chi connectivity index (χ4n) is 2.80. The molecule has 1 aliphatic rings. The van der Waals surface area contributed by atoms with Crippen LogP contribution in [-0.4, -0.2) is 12.5 Å². The van der Waals surface area contributed by atoms with Gasteiger partial charge in [-0.15, -0.1) is 11.3 Å². The predicted molar refractivity (Wildman–Crippen MR) is 89.2 cm³/mol. The van der Waals surface area contributed by atoms with Crippen LogP contribution in [0, 0.1) is 6.92 Å². The summed E-state index contributed by atoms with van der Waals surface area (Å²) in [7, 11) is 0. The molecule has 1 aromatic carbocycles. The average molecular weight is 300 g/mol. The monoisotopic (exact) mass is 300 g/mol. The number of amides is 1. The van der Waals surface area contributed by atoms with Crippen molar-refractivity contribution < 1.29 is 4.79 Å². The lowest BCUT2D eigenvalue weighted by Crippen LogP contribution is -2.33. The van der Waals surface area contributed by atoms with Crippen LogP contribution in [0.4, 0.5) is 11.4 Å². The SMILES string of the molecule is CC(=O)N1CCCc2cc(NCc3ccc(C)s3)ccc21. The molecule has 1 amide bonds. The van der Waals surface area contributed by atoms with E-state index < -0.39 is 0 Å². The first-order valence-electron chi connectivity index (χ1n) is 7.34. The van der Waals surface area contributed by atoms with Crippen LogP contribution in [0.25, 0.3) is 0 Å². The Kier molecular flexibility index (Phi) is 3.97. The Labute approximate surface area is 129 Å². The summed E-state index contributed by atoms with van der Waals surface area (Å²) in [5.74, 6) is 0.130. The lowest BCUT2D eigenvalue weighted by Gasteiger charge is -2.29. The summed E-state index contributed by atoms with van der Waals surface area (Å²) < 4.78 is 0. The second kappa shape index (κ2) is 5.90. The molecule has 0 unspecified atom stereocenters. The summed E-state index contributed by atoms with van der Waals surface area (Å²) in [4.78, 5) is 16.2. The maximum atomic E-state index is 11.7. The third kappa shape index (κ3) is 3.10. The zero-order valence-electron chi connectivity index (χ0n) is 12.5. The van der Waals surface area contributed by atoms with Gasteiger partial charge in [-0.25, -0.2) is 0 Å². The summed E-state index contributed by atoms with van der Waals surface area (Å²) >= 11 is 1.82. The summed E-state index contributed by atoms with van der Waals surface area (Å²) in [6, 6.07) is 10.6. The van der Waals surface area contributed by atoms with Crippen molar-refractivity contribution in [3.05, 3.63) is 45.6 Å². The van der Waals surface area contributed by atoms with E-state index in [4.69, 9.17) is 0 Å². The van der Waals surface area contributed by atoms with E-state index >= 15 is 0 Å². The minimum atomic E-state index is 0.130. The first-order valence-corrected chi connectivity index (χ1v) is 8.15. The minimum Gasteiger partial charge on any atom is -0.380 e. The number of carbonyl (C=O) groups excluding carboxylic acids is 1. The fourth-order valence-corrected chi connectivity index (χ4v) is 3.63. The van der Waals surface area contributed by atoms with E-state index in [1.165, 1.54) is 15.3 Å². The number of rotatable bonds is 3. The van der Waals surface area contributed by atoms with E-state index in [2.05, 4.69) is 42.6 Å². The van der Waals surface area contributed by atoms with Gasteiger partial charge in [-0.2, -0.15) is 0 Å². The Morgan fingerprint density at radius 3 is 2.90 bits per heavy atom. The second-order valence-corrected chi connectivity index (χ2v) is 6.86. The Bertz CT molecular complexity index is 663. The number of carbonyl (C=O) groups is 1. The molecule has 3 nitrogen and oxygen atoms in total. The van der Waals surface area contributed by atoms with Gasteiger partial charge in [0.2, 0.25) is 5.91 Å². The fraction of sp³-hybridized carbons (Fsp3) is 0.353. The Morgan fingerprint density at radius 2 is 2.19 bits per heavy atom. The normalized spacial score (nSPS) is 13.9. The number of thiophene rings is 1. The number of benzene rings is 1. The van der Waals surface area contributed by atoms with Gasteiger partial charge in [0.25, 0.3) is 0 Å². The molecule has 0 spiro atoms. The van der Waals surface area contributed by atoms with Crippen LogP contribution in [0.3, 0.4) is 0 Å². The maximum Gasteiger partial charge on any atom is 0.223 e. The molecule has 0 fully saturated rings. The number of aryl methyl sites for hydroxylation is 2. The molecule has 4 heteroatoms. The number of nitrogens with zero attached hydrogens (tertiary/aromatic N) is 1. The Balaban J connectivity index is 1.75. The lowest BCUT2D eigenvalue weighted by molar-refractivity contribution is -0.116. The van der Waals surface area contributed by atoms with Crippen LogP contribution in [0.2, 0.25) is 0 Å².